The molecule has 1 fully saturated rings. The fourth-order valence-corrected chi connectivity index (χ4v) is 3.12. The normalized spacial score (nSPS) is 26.3. The predicted octanol–water partition coefficient (Wildman–Crippen LogP) is 1.61. The third-order valence-corrected chi connectivity index (χ3v) is 4.39. The molecule has 100 valence electrons. The Balaban J connectivity index is 1.88. The highest BCUT2D eigenvalue weighted by Gasteiger charge is 2.27. The molecule has 1 atom stereocenters. The molecule has 1 saturated heterocycles. The molecular formula is C12H21N5S. The van der Waals surface area contributed by atoms with Crippen LogP contribution in [0.2, 0.25) is 0 Å². The van der Waals surface area contributed by atoms with E-state index in [0.717, 1.165) is 36.1 Å². The van der Waals surface area contributed by atoms with Crippen molar-refractivity contribution in [2.24, 2.45) is 12.0 Å². The van der Waals surface area contributed by atoms with Crippen LogP contribution in [0, 0.1) is 0 Å². The van der Waals surface area contributed by atoms with Crippen molar-refractivity contribution in [1.82, 2.24) is 20.1 Å². The van der Waals surface area contributed by atoms with Crippen LogP contribution in [0.25, 0.3) is 0 Å². The lowest BCUT2D eigenvalue weighted by atomic mass is 9.96. The quantitative estimate of drug-likeness (QED) is 0.900. The summed E-state index contributed by atoms with van der Waals surface area (Å²) in [6, 6.07) is 0. The monoisotopic (exact) mass is 267 g/mol. The van der Waals surface area contributed by atoms with Gasteiger partial charge in [-0.25, -0.2) is 0 Å². The summed E-state index contributed by atoms with van der Waals surface area (Å²) in [5, 5.41) is 12.5. The molecule has 5 nitrogen and oxygen atoms in total. The van der Waals surface area contributed by atoms with Gasteiger partial charge in [0.15, 0.2) is 5.17 Å². The van der Waals surface area contributed by atoms with E-state index in [4.69, 9.17) is 0 Å². The van der Waals surface area contributed by atoms with Gasteiger partial charge >= 0.3 is 0 Å². The molecule has 18 heavy (non-hydrogen) atoms. The number of aryl methyl sites for hydroxylation is 1. The van der Waals surface area contributed by atoms with E-state index >= 15 is 0 Å². The predicted molar refractivity (Wildman–Crippen MR) is 75.9 cm³/mol. The Hall–Kier alpha value is -1.04. The number of nitrogens with zero attached hydrogens (tertiary/aromatic N) is 4. The average Bonchev–Trinajstić information content (AvgIpc) is 2.76. The Kier molecular flexibility index (Phi) is 4.27. The lowest BCUT2D eigenvalue weighted by Crippen LogP contribution is -2.48. The summed E-state index contributed by atoms with van der Waals surface area (Å²) in [5.41, 5.74) is 0.217. The minimum atomic E-state index is 0.217. The third-order valence-electron chi connectivity index (χ3n) is 3.48. The van der Waals surface area contributed by atoms with Crippen LogP contribution in [0.3, 0.4) is 0 Å². The van der Waals surface area contributed by atoms with Gasteiger partial charge in [0.1, 0.15) is 12.2 Å². The average molecular weight is 267 g/mol. The smallest absolute Gasteiger partial charge is 0.156 e. The molecule has 0 radical (unpaired) electrons. The lowest BCUT2D eigenvalue weighted by molar-refractivity contribution is 0.390. The summed E-state index contributed by atoms with van der Waals surface area (Å²) in [7, 11) is 1.96. The molecule has 0 bridgehead atoms. The molecule has 1 aliphatic rings. The van der Waals surface area contributed by atoms with Crippen LogP contribution >= 0.6 is 11.8 Å². The first-order valence-corrected chi connectivity index (χ1v) is 7.40. The number of aliphatic imine (C=N–C) groups is 1. The van der Waals surface area contributed by atoms with Gasteiger partial charge in [-0.3, -0.25) is 4.99 Å². The number of hydrogen-bond donors (Lipinski definition) is 1. The van der Waals surface area contributed by atoms with Crippen LogP contribution in [-0.2, 0) is 13.5 Å². The first-order chi connectivity index (χ1) is 8.63. The Labute approximate surface area is 112 Å². The summed E-state index contributed by atoms with van der Waals surface area (Å²) in [6.45, 7) is 5.26. The molecule has 0 aromatic carbocycles. The van der Waals surface area contributed by atoms with E-state index in [1.54, 1.807) is 6.33 Å². The van der Waals surface area contributed by atoms with E-state index in [2.05, 4.69) is 34.4 Å². The fraction of sp³-hybridized carbons (Fsp3) is 0.750. The Morgan fingerprint density at radius 2 is 2.44 bits per heavy atom. The van der Waals surface area contributed by atoms with Gasteiger partial charge in [0.25, 0.3) is 0 Å². The molecule has 1 aromatic rings. The Morgan fingerprint density at radius 3 is 3.11 bits per heavy atom. The number of nitrogens with one attached hydrogen (secondary N) is 1. The van der Waals surface area contributed by atoms with Gasteiger partial charge in [-0.05, 0) is 19.8 Å². The van der Waals surface area contributed by atoms with Gasteiger partial charge in [0.05, 0.1) is 0 Å². The third kappa shape index (κ3) is 3.25. The molecule has 2 rings (SSSR count). The van der Waals surface area contributed by atoms with Crippen molar-refractivity contribution in [2.45, 2.75) is 38.6 Å². The zero-order valence-electron chi connectivity index (χ0n) is 11.3. The molecule has 1 unspecified atom stereocenters. The van der Waals surface area contributed by atoms with Crippen molar-refractivity contribution in [3.05, 3.63) is 12.2 Å². The topological polar surface area (TPSA) is 55.1 Å². The molecule has 0 aliphatic carbocycles. The molecule has 1 aromatic heterocycles. The van der Waals surface area contributed by atoms with Crippen LogP contribution in [0.5, 0.6) is 0 Å². The molecule has 0 amide bonds. The molecule has 0 spiro atoms. The van der Waals surface area contributed by atoms with Crippen LogP contribution in [0.4, 0.5) is 0 Å². The largest absolute Gasteiger partial charge is 0.360 e. The van der Waals surface area contributed by atoms with E-state index in [9.17, 15) is 0 Å². The highest BCUT2D eigenvalue weighted by atomic mass is 32.2. The number of amidine groups is 1. The lowest BCUT2D eigenvalue weighted by Gasteiger charge is -2.35. The van der Waals surface area contributed by atoms with Gasteiger partial charge in [0.2, 0.25) is 0 Å². The minimum Gasteiger partial charge on any atom is -0.360 e. The molecule has 0 saturated carbocycles. The maximum atomic E-state index is 4.63. The highest BCUT2D eigenvalue weighted by molar-refractivity contribution is 8.13. The van der Waals surface area contributed by atoms with Gasteiger partial charge in [-0.1, -0.05) is 18.7 Å². The second-order valence-electron chi connectivity index (χ2n) is 4.93. The van der Waals surface area contributed by atoms with E-state index < -0.39 is 0 Å². The summed E-state index contributed by atoms with van der Waals surface area (Å²) < 4.78 is 1.94. The van der Waals surface area contributed by atoms with Crippen LogP contribution < -0.4 is 5.32 Å². The van der Waals surface area contributed by atoms with Crippen molar-refractivity contribution in [3.63, 3.8) is 0 Å². The molecule has 1 N–H and O–H groups in total. The first-order valence-electron chi connectivity index (χ1n) is 6.41. The fourth-order valence-electron chi connectivity index (χ4n) is 1.87. The highest BCUT2D eigenvalue weighted by Crippen LogP contribution is 2.24. The summed E-state index contributed by atoms with van der Waals surface area (Å²) >= 11 is 1.82. The number of rotatable bonds is 4. The Bertz CT molecular complexity index is 428. The second kappa shape index (κ2) is 5.73. The van der Waals surface area contributed by atoms with E-state index in [1.165, 1.54) is 6.42 Å². The summed E-state index contributed by atoms with van der Waals surface area (Å²) in [4.78, 5) is 4.63. The van der Waals surface area contributed by atoms with E-state index in [0.29, 0.717) is 0 Å². The number of hydrogen-bond acceptors (Lipinski definition) is 4. The SMILES string of the molecule is CCC1(C)CCSC(=NCCc2nncn2C)N1. The van der Waals surface area contributed by atoms with Crippen LogP contribution in [0.1, 0.15) is 32.5 Å². The van der Waals surface area contributed by atoms with Gasteiger partial charge < -0.3 is 9.88 Å². The number of aromatic nitrogens is 3. The van der Waals surface area contributed by atoms with Gasteiger partial charge in [-0.2, -0.15) is 0 Å². The van der Waals surface area contributed by atoms with E-state index in [-0.39, 0.29) is 5.54 Å². The van der Waals surface area contributed by atoms with Crippen molar-refractivity contribution in [3.8, 4) is 0 Å². The van der Waals surface area contributed by atoms with Crippen molar-refractivity contribution >= 4 is 16.9 Å². The van der Waals surface area contributed by atoms with Crippen LogP contribution in [-0.4, -0.2) is 37.8 Å². The van der Waals surface area contributed by atoms with Crippen molar-refractivity contribution in [1.29, 1.82) is 0 Å². The summed E-state index contributed by atoms with van der Waals surface area (Å²) in [5.74, 6) is 2.14. The van der Waals surface area contributed by atoms with Crippen molar-refractivity contribution in [2.75, 3.05) is 12.3 Å². The number of thioether (sulfide) groups is 1. The van der Waals surface area contributed by atoms with Crippen LogP contribution in [0.15, 0.2) is 11.3 Å². The van der Waals surface area contributed by atoms with Crippen molar-refractivity contribution < 1.29 is 0 Å². The zero-order valence-corrected chi connectivity index (χ0v) is 12.1. The second-order valence-corrected chi connectivity index (χ2v) is 6.02. The molecule has 2 heterocycles. The first kappa shape index (κ1) is 13.4. The van der Waals surface area contributed by atoms with E-state index in [1.807, 2.05) is 23.4 Å². The minimum absolute atomic E-state index is 0.217. The maximum Gasteiger partial charge on any atom is 0.156 e. The maximum absolute atomic E-state index is 4.63. The summed E-state index contributed by atoms with van der Waals surface area (Å²) in [6.07, 6.45) is 4.90. The molecule has 1 aliphatic heterocycles. The molecular weight excluding hydrogens is 246 g/mol. The standard InChI is InChI=1S/C12H21N5S/c1-4-12(2)6-8-18-11(15-12)13-7-5-10-16-14-9-17(10)3/h9H,4-8H2,1-3H3,(H,13,15). The molecule has 6 heteroatoms. The van der Waals surface area contributed by atoms with Gasteiger partial charge in [-0.15, -0.1) is 10.2 Å². The van der Waals surface area contributed by atoms with Gasteiger partial charge in [0, 0.05) is 31.3 Å². The zero-order chi connectivity index (χ0) is 13.0. The Morgan fingerprint density at radius 1 is 1.61 bits per heavy atom.